The molecule has 1 spiro atoms. The van der Waals surface area contributed by atoms with Gasteiger partial charge in [0, 0.05) is 23.4 Å². The number of nitrogens with zero attached hydrogens (tertiary/aromatic N) is 2. The van der Waals surface area contributed by atoms with E-state index < -0.39 is 4.87 Å². The molecular formula is C30H32N2O3S. The van der Waals surface area contributed by atoms with Crippen molar-refractivity contribution in [1.29, 1.82) is 0 Å². The number of amides is 2. The number of hydrogen-bond acceptors (Lipinski definition) is 4. The predicted octanol–water partition coefficient (Wildman–Crippen LogP) is 5.89. The molecule has 0 radical (unpaired) electrons. The molecule has 0 saturated carbocycles. The van der Waals surface area contributed by atoms with Crippen molar-refractivity contribution in [3.8, 4) is 5.75 Å². The van der Waals surface area contributed by atoms with Crippen molar-refractivity contribution < 1.29 is 14.3 Å². The Hall–Kier alpha value is -3.25. The van der Waals surface area contributed by atoms with Crippen LogP contribution in [0.2, 0.25) is 0 Å². The lowest BCUT2D eigenvalue weighted by molar-refractivity contribution is -0.123. The molecule has 1 fully saturated rings. The molecule has 1 unspecified atom stereocenters. The number of carbonyl (C=O) groups excluding carboxylic acids is 2. The third-order valence-electron chi connectivity index (χ3n) is 7.18. The minimum atomic E-state index is -1.10. The monoisotopic (exact) mass is 500 g/mol. The molecule has 3 aromatic rings. The molecule has 1 saturated heterocycles. The van der Waals surface area contributed by atoms with Crippen LogP contribution in [0.25, 0.3) is 0 Å². The molecule has 5 rings (SSSR count). The summed E-state index contributed by atoms with van der Waals surface area (Å²) in [5.41, 5.74) is 5.55. The molecule has 2 amide bonds. The van der Waals surface area contributed by atoms with Crippen LogP contribution in [0.5, 0.6) is 5.75 Å². The molecule has 186 valence electrons. The van der Waals surface area contributed by atoms with E-state index in [9.17, 15) is 9.59 Å². The molecular weight excluding hydrogens is 468 g/mol. The van der Waals surface area contributed by atoms with Gasteiger partial charge in [-0.3, -0.25) is 9.59 Å². The van der Waals surface area contributed by atoms with Gasteiger partial charge in [0.1, 0.15) is 5.75 Å². The molecule has 0 N–H and O–H groups in total. The minimum absolute atomic E-state index is 0.0616. The first-order valence-electron chi connectivity index (χ1n) is 12.3. The number of aryl methyl sites for hydroxylation is 1. The highest BCUT2D eigenvalue weighted by atomic mass is 32.2. The molecule has 2 aliphatic rings. The topological polar surface area (TPSA) is 49.9 Å². The van der Waals surface area contributed by atoms with Crippen molar-refractivity contribution in [3.05, 3.63) is 94.5 Å². The summed E-state index contributed by atoms with van der Waals surface area (Å²) in [4.78, 5) is 30.7. The average Bonchev–Trinajstić information content (AvgIpc) is 3.40. The first-order chi connectivity index (χ1) is 17.2. The predicted molar refractivity (Wildman–Crippen MR) is 146 cm³/mol. The molecule has 1 atom stereocenters. The molecule has 6 heteroatoms. The van der Waals surface area contributed by atoms with E-state index in [4.69, 9.17) is 4.74 Å². The Morgan fingerprint density at radius 1 is 1.06 bits per heavy atom. The van der Waals surface area contributed by atoms with Crippen molar-refractivity contribution in [1.82, 2.24) is 4.90 Å². The van der Waals surface area contributed by atoms with Gasteiger partial charge in [0.25, 0.3) is 11.8 Å². The van der Waals surface area contributed by atoms with Gasteiger partial charge in [0.2, 0.25) is 0 Å². The van der Waals surface area contributed by atoms with Gasteiger partial charge in [-0.25, -0.2) is 0 Å². The maximum absolute atomic E-state index is 14.3. The first-order valence-corrected chi connectivity index (χ1v) is 13.3. The van der Waals surface area contributed by atoms with Gasteiger partial charge in [0.15, 0.2) is 4.87 Å². The third-order valence-corrected chi connectivity index (χ3v) is 8.60. The Bertz CT molecular complexity index is 1330. The second kappa shape index (κ2) is 9.00. The van der Waals surface area contributed by atoms with Crippen LogP contribution in [0.3, 0.4) is 0 Å². The Balaban J connectivity index is 1.57. The summed E-state index contributed by atoms with van der Waals surface area (Å²) >= 11 is 1.54. The van der Waals surface area contributed by atoms with Crippen molar-refractivity contribution in [2.45, 2.75) is 44.5 Å². The summed E-state index contributed by atoms with van der Waals surface area (Å²) in [6.45, 7) is 9.46. The molecule has 0 aliphatic carbocycles. The van der Waals surface area contributed by atoms with E-state index in [2.05, 4.69) is 45.0 Å². The largest absolute Gasteiger partial charge is 0.497 e. The lowest BCUT2D eigenvalue weighted by Gasteiger charge is -2.33. The normalized spacial score (nSPS) is 19.2. The van der Waals surface area contributed by atoms with Crippen LogP contribution in [0, 0.1) is 6.92 Å². The van der Waals surface area contributed by atoms with Crippen molar-refractivity contribution in [3.63, 3.8) is 0 Å². The average molecular weight is 501 g/mol. The molecule has 2 heterocycles. The van der Waals surface area contributed by atoms with Gasteiger partial charge in [-0.05, 0) is 53.3 Å². The summed E-state index contributed by atoms with van der Waals surface area (Å²) in [7, 11) is 1.62. The molecule has 3 aromatic carbocycles. The zero-order valence-corrected chi connectivity index (χ0v) is 22.3. The maximum Gasteiger partial charge on any atom is 0.268 e. The molecule has 5 nitrogen and oxygen atoms in total. The Morgan fingerprint density at radius 3 is 2.44 bits per heavy atom. The standard InChI is InChI=1S/C30H32N2O3S/c1-20-8-6-7-9-24(20)27(33)32-16-17-36-30(32)25-18-23(35-5)14-15-26(25)31(28(30)34)19-21-10-12-22(13-11-21)29(2,3)4/h6-15,18H,16-17,19H2,1-5H3. The number of fused-ring (bicyclic) bond motifs is 2. The highest BCUT2D eigenvalue weighted by molar-refractivity contribution is 8.01. The highest BCUT2D eigenvalue weighted by Crippen LogP contribution is 2.55. The zero-order valence-electron chi connectivity index (χ0n) is 21.5. The lowest BCUT2D eigenvalue weighted by atomic mass is 9.87. The van der Waals surface area contributed by atoms with E-state index in [0.717, 1.165) is 22.4 Å². The van der Waals surface area contributed by atoms with E-state index in [1.165, 1.54) is 17.3 Å². The van der Waals surface area contributed by atoms with Gasteiger partial charge in [-0.1, -0.05) is 63.2 Å². The van der Waals surface area contributed by atoms with Crippen LogP contribution in [-0.4, -0.2) is 36.1 Å². The fourth-order valence-electron chi connectivity index (χ4n) is 5.13. The first kappa shape index (κ1) is 24.4. The van der Waals surface area contributed by atoms with Crippen LogP contribution < -0.4 is 9.64 Å². The van der Waals surface area contributed by atoms with Crippen LogP contribution >= 0.6 is 11.8 Å². The van der Waals surface area contributed by atoms with E-state index in [-0.39, 0.29) is 17.2 Å². The van der Waals surface area contributed by atoms with E-state index >= 15 is 0 Å². The summed E-state index contributed by atoms with van der Waals surface area (Å²) < 4.78 is 5.53. The van der Waals surface area contributed by atoms with Gasteiger partial charge < -0.3 is 14.5 Å². The van der Waals surface area contributed by atoms with Gasteiger partial charge in [-0.2, -0.15) is 0 Å². The maximum atomic E-state index is 14.3. The summed E-state index contributed by atoms with van der Waals surface area (Å²) in [6, 6.07) is 21.8. The second-order valence-corrected chi connectivity index (χ2v) is 11.8. The Morgan fingerprint density at radius 2 is 1.78 bits per heavy atom. The summed E-state index contributed by atoms with van der Waals surface area (Å²) in [6.07, 6.45) is 0. The molecule has 36 heavy (non-hydrogen) atoms. The molecule has 0 bridgehead atoms. The van der Waals surface area contributed by atoms with E-state index in [1.807, 2.05) is 54.3 Å². The van der Waals surface area contributed by atoms with E-state index in [1.54, 1.807) is 12.0 Å². The quantitative estimate of drug-likeness (QED) is 0.448. The second-order valence-electron chi connectivity index (χ2n) is 10.5. The van der Waals surface area contributed by atoms with Crippen LogP contribution in [0.4, 0.5) is 5.69 Å². The fraction of sp³-hybridized carbons (Fsp3) is 0.333. The van der Waals surface area contributed by atoms with Crippen LogP contribution in [-0.2, 0) is 21.6 Å². The van der Waals surface area contributed by atoms with Crippen molar-refractivity contribution >= 4 is 29.3 Å². The number of carbonyl (C=O) groups is 2. The number of anilines is 1. The molecule has 0 aromatic heterocycles. The van der Waals surface area contributed by atoms with E-state index in [0.29, 0.717) is 30.2 Å². The number of methoxy groups -OCH3 is 1. The third kappa shape index (κ3) is 3.88. The van der Waals surface area contributed by atoms with Crippen LogP contribution in [0.1, 0.15) is 53.4 Å². The van der Waals surface area contributed by atoms with Gasteiger partial charge >= 0.3 is 0 Å². The Labute approximate surface area is 217 Å². The number of hydrogen-bond donors (Lipinski definition) is 0. The van der Waals surface area contributed by atoms with Crippen molar-refractivity contribution in [2.75, 3.05) is 24.3 Å². The fourth-order valence-corrected chi connectivity index (χ4v) is 6.58. The molecule has 2 aliphatic heterocycles. The summed E-state index contributed by atoms with van der Waals surface area (Å²) in [5, 5.41) is 0. The number of ether oxygens (including phenoxy) is 1. The zero-order chi connectivity index (χ0) is 25.7. The number of benzene rings is 3. The minimum Gasteiger partial charge on any atom is -0.497 e. The van der Waals surface area contributed by atoms with Gasteiger partial charge in [-0.15, -0.1) is 11.8 Å². The van der Waals surface area contributed by atoms with Gasteiger partial charge in [0.05, 0.1) is 19.3 Å². The highest BCUT2D eigenvalue weighted by Gasteiger charge is 2.59. The SMILES string of the molecule is COc1ccc2c(c1)C1(SCCN1C(=O)c1ccccc1C)C(=O)N2Cc1ccc(C(C)(C)C)cc1. The van der Waals surface area contributed by atoms with Crippen LogP contribution in [0.15, 0.2) is 66.7 Å². The number of thioether (sulfide) groups is 1. The Kier molecular flexibility index (Phi) is 6.11. The number of rotatable bonds is 4. The lowest BCUT2D eigenvalue weighted by Crippen LogP contribution is -2.50. The smallest absolute Gasteiger partial charge is 0.268 e. The summed E-state index contributed by atoms with van der Waals surface area (Å²) in [5.74, 6) is 1.17. The van der Waals surface area contributed by atoms with Crippen molar-refractivity contribution in [2.24, 2.45) is 0 Å².